The molecule has 7 aliphatic carbocycles. The van der Waals surface area contributed by atoms with E-state index in [1.165, 1.54) is 28.9 Å². The molecule has 0 unspecified atom stereocenters. The topological polar surface area (TPSA) is 85.3 Å². The fourth-order valence-electron chi connectivity index (χ4n) is 8.09. The summed E-state index contributed by atoms with van der Waals surface area (Å²) in [5, 5.41) is 0. The van der Waals surface area contributed by atoms with E-state index in [9.17, 15) is 24.0 Å². The molecule has 0 aromatic carbocycles. The van der Waals surface area contributed by atoms with Gasteiger partial charge in [-0.15, -0.1) is 0 Å². The third kappa shape index (κ3) is 8.35. The highest BCUT2D eigenvalue weighted by Crippen LogP contribution is 2.52. The van der Waals surface area contributed by atoms with Crippen molar-refractivity contribution in [2.75, 3.05) is 0 Å². The van der Waals surface area contributed by atoms with Crippen molar-refractivity contribution < 1.29 is 24.0 Å². The normalized spacial score (nSPS) is 32.7. The molecule has 0 N–H and O–H groups in total. The summed E-state index contributed by atoms with van der Waals surface area (Å²) < 4.78 is 0. The van der Waals surface area contributed by atoms with Crippen molar-refractivity contribution in [1.29, 1.82) is 0 Å². The first-order valence-corrected chi connectivity index (χ1v) is 17.8. The SMILES string of the molecule is C/C1=C/CC/C(C)=C/CC[C@]2(C=O)[C@@H](CC3=C[C@H]2C/C(C)=C/CC2=CC(=O)C(=CC2=O)C/C(C)=C\CC3)CC2=CC(=O)C(=CC2=O)CC1. The molecule has 252 valence electrons. The largest absolute Gasteiger partial charge is 0.303 e. The van der Waals surface area contributed by atoms with Crippen molar-refractivity contribution in [2.45, 2.75) is 111 Å². The minimum absolute atomic E-state index is 0.0911. The second-order valence-corrected chi connectivity index (χ2v) is 14.8. The summed E-state index contributed by atoms with van der Waals surface area (Å²) in [5.41, 5.74) is 7.26. The summed E-state index contributed by atoms with van der Waals surface area (Å²) in [6, 6.07) is 0. The molecule has 6 bridgehead atoms. The van der Waals surface area contributed by atoms with E-state index in [0.29, 0.717) is 67.2 Å². The molecule has 0 heterocycles. The molecule has 3 atom stereocenters. The van der Waals surface area contributed by atoms with Crippen molar-refractivity contribution in [3.8, 4) is 0 Å². The van der Waals surface area contributed by atoms with Gasteiger partial charge in [-0.3, -0.25) is 19.2 Å². The van der Waals surface area contributed by atoms with Crippen molar-refractivity contribution in [3.63, 3.8) is 0 Å². The van der Waals surface area contributed by atoms with Crippen molar-refractivity contribution >= 4 is 29.4 Å². The molecular weight excluding hydrogens is 596 g/mol. The Morgan fingerprint density at radius 3 is 1.98 bits per heavy atom. The van der Waals surface area contributed by atoms with Gasteiger partial charge in [-0.2, -0.15) is 0 Å². The fourth-order valence-corrected chi connectivity index (χ4v) is 8.09. The van der Waals surface area contributed by atoms with E-state index >= 15 is 0 Å². The van der Waals surface area contributed by atoms with Gasteiger partial charge in [-0.25, -0.2) is 0 Å². The van der Waals surface area contributed by atoms with Gasteiger partial charge in [0.15, 0.2) is 23.1 Å². The molecule has 48 heavy (non-hydrogen) atoms. The summed E-state index contributed by atoms with van der Waals surface area (Å²) in [7, 11) is 0. The molecule has 0 aromatic rings. The predicted octanol–water partition coefficient (Wildman–Crippen LogP) is 9.24. The number of aldehydes is 1. The maximum Gasteiger partial charge on any atom is 0.182 e. The molecular formula is C43H50O5. The Labute approximate surface area is 286 Å². The van der Waals surface area contributed by atoms with Gasteiger partial charge >= 0.3 is 0 Å². The lowest BCUT2D eigenvalue weighted by molar-refractivity contribution is -0.123. The minimum atomic E-state index is -0.737. The molecule has 0 aliphatic heterocycles. The molecule has 0 amide bonds. The Morgan fingerprint density at radius 2 is 1.19 bits per heavy atom. The van der Waals surface area contributed by atoms with Crippen LogP contribution in [0.4, 0.5) is 0 Å². The fraction of sp³-hybridized carbons (Fsp3) is 0.465. The van der Waals surface area contributed by atoms with E-state index in [2.05, 4.69) is 38.2 Å². The zero-order valence-electron chi connectivity index (χ0n) is 29.2. The molecule has 5 nitrogen and oxygen atoms in total. The van der Waals surface area contributed by atoms with Gasteiger partial charge in [-0.05, 0) is 147 Å². The average molecular weight is 647 g/mol. The van der Waals surface area contributed by atoms with Crippen LogP contribution in [-0.4, -0.2) is 29.4 Å². The smallest absolute Gasteiger partial charge is 0.182 e. The second kappa shape index (κ2) is 15.5. The maximum absolute atomic E-state index is 13.6. The highest BCUT2D eigenvalue weighted by molar-refractivity contribution is 6.20. The van der Waals surface area contributed by atoms with E-state index in [1.54, 1.807) is 12.2 Å². The van der Waals surface area contributed by atoms with Crippen LogP contribution in [0.15, 0.2) is 105 Å². The number of fused-ring (bicyclic) bond motifs is 16. The van der Waals surface area contributed by atoms with Crippen LogP contribution in [0.25, 0.3) is 0 Å². The number of hydrogen-bond acceptors (Lipinski definition) is 5. The number of allylic oxidation sites excluding steroid dienone is 18. The van der Waals surface area contributed by atoms with E-state index in [0.717, 1.165) is 56.0 Å². The third-order valence-electron chi connectivity index (χ3n) is 11.1. The van der Waals surface area contributed by atoms with Gasteiger partial charge in [0, 0.05) is 27.7 Å². The van der Waals surface area contributed by atoms with Crippen LogP contribution in [0.5, 0.6) is 0 Å². The number of hydrogen-bond donors (Lipinski definition) is 0. The molecule has 0 aromatic heterocycles. The van der Waals surface area contributed by atoms with Gasteiger partial charge in [0.2, 0.25) is 0 Å². The zero-order valence-corrected chi connectivity index (χ0v) is 29.2. The first-order valence-electron chi connectivity index (χ1n) is 17.8. The Balaban J connectivity index is 1.56. The lowest BCUT2D eigenvalue weighted by Gasteiger charge is -2.46. The first kappa shape index (κ1) is 35.3. The molecule has 0 saturated heterocycles. The van der Waals surface area contributed by atoms with Crippen molar-refractivity contribution in [3.05, 3.63) is 105 Å². The highest BCUT2D eigenvalue weighted by atomic mass is 16.1. The van der Waals surface area contributed by atoms with E-state index < -0.39 is 5.41 Å². The molecule has 7 aliphatic rings. The molecule has 0 fully saturated rings. The van der Waals surface area contributed by atoms with Gasteiger partial charge < -0.3 is 4.79 Å². The molecule has 7 rings (SSSR count). The standard InChI is InChI=1S/C43H50O5/c1-28-8-5-9-29(2)13-15-33-24-42(48)36(26-40(33)46)22-38-21-32-12-6-10-30(3)18-35-25-39(45)34(23-41(35)47)16-14-31(4)19-37(20-32)43(38,27-44)17-7-11-28/h9-11,14,20,23-27,37-38H,5-8,12-13,15-19,21-22H2,1-4H3/b28-11+,29-9-,30-10-,31-14+/t37-,38+,43-/m1/s1. The van der Waals surface area contributed by atoms with Crippen LogP contribution in [0.1, 0.15) is 111 Å². The third-order valence-corrected chi connectivity index (χ3v) is 11.1. The summed E-state index contributed by atoms with van der Waals surface area (Å²) in [4.78, 5) is 66.3. The lowest BCUT2D eigenvalue weighted by Crippen LogP contribution is -2.43. The lowest BCUT2D eigenvalue weighted by atomic mass is 9.56. The summed E-state index contributed by atoms with van der Waals surface area (Å²) >= 11 is 0. The van der Waals surface area contributed by atoms with E-state index in [1.807, 2.05) is 19.9 Å². The van der Waals surface area contributed by atoms with Crippen molar-refractivity contribution in [2.24, 2.45) is 17.3 Å². The molecule has 0 saturated carbocycles. The first-order chi connectivity index (χ1) is 23.0. The Hall–Kier alpha value is -3.99. The predicted molar refractivity (Wildman–Crippen MR) is 191 cm³/mol. The van der Waals surface area contributed by atoms with Gasteiger partial charge in [0.1, 0.15) is 6.29 Å². The monoisotopic (exact) mass is 646 g/mol. The van der Waals surface area contributed by atoms with E-state index in [4.69, 9.17) is 0 Å². The van der Waals surface area contributed by atoms with Crippen LogP contribution in [0.3, 0.4) is 0 Å². The van der Waals surface area contributed by atoms with Gasteiger partial charge in [0.05, 0.1) is 0 Å². The summed E-state index contributed by atoms with van der Waals surface area (Å²) in [6.07, 6.45) is 26.9. The number of carbonyl (C=O) groups is 5. The molecule has 0 radical (unpaired) electrons. The number of rotatable bonds is 1. The highest BCUT2D eigenvalue weighted by Gasteiger charge is 2.47. The van der Waals surface area contributed by atoms with Crippen LogP contribution in [0, 0.1) is 17.3 Å². The Morgan fingerprint density at radius 1 is 0.583 bits per heavy atom. The van der Waals surface area contributed by atoms with Crippen molar-refractivity contribution in [1.82, 2.24) is 0 Å². The zero-order chi connectivity index (χ0) is 34.4. The second-order valence-electron chi connectivity index (χ2n) is 14.8. The molecule has 0 spiro atoms. The van der Waals surface area contributed by atoms with Gasteiger partial charge in [0.25, 0.3) is 0 Å². The van der Waals surface area contributed by atoms with Crippen LogP contribution in [0.2, 0.25) is 0 Å². The quantitative estimate of drug-likeness (QED) is 0.161. The van der Waals surface area contributed by atoms with Crippen LogP contribution >= 0.6 is 0 Å². The maximum atomic E-state index is 13.6. The summed E-state index contributed by atoms with van der Waals surface area (Å²) in [6.45, 7) is 8.29. The Bertz CT molecular complexity index is 1680. The van der Waals surface area contributed by atoms with Gasteiger partial charge in [-0.1, -0.05) is 58.2 Å². The van der Waals surface area contributed by atoms with E-state index in [-0.39, 0.29) is 35.0 Å². The van der Waals surface area contributed by atoms with Crippen LogP contribution in [-0.2, 0) is 24.0 Å². The summed E-state index contributed by atoms with van der Waals surface area (Å²) in [5.74, 6) is -0.654. The molecule has 5 heteroatoms. The Kier molecular flexibility index (Phi) is 11.4. The minimum Gasteiger partial charge on any atom is -0.303 e. The number of carbonyl (C=O) groups excluding carboxylic acids is 5. The van der Waals surface area contributed by atoms with Crippen LogP contribution < -0.4 is 0 Å². The average Bonchev–Trinajstić information content (AvgIpc) is 3.03. The number of ketones is 4.